The minimum absolute atomic E-state index is 0.0709. The first-order chi connectivity index (χ1) is 13.3. The van der Waals surface area contributed by atoms with Crippen molar-refractivity contribution in [2.75, 3.05) is 19.0 Å². The third-order valence-corrected chi connectivity index (χ3v) is 4.10. The van der Waals surface area contributed by atoms with Gasteiger partial charge in [-0.25, -0.2) is 9.48 Å². The van der Waals surface area contributed by atoms with Gasteiger partial charge < -0.3 is 19.5 Å². The minimum atomic E-state index is -1.03. The first kappa shape index (κ1) is 21.6. The highest BCUT2D eigenvalue weighted by Crippen LogP contribution is 2.36. The van der Waals surface area contributed by atoms with Crippen molar-refractivity contribution in [3.8, 4) is 11.5 Å². The van der Waals surface area contributed by atoms with Gasteiger partial charge in [-0.2, -0.15) is 5.10 Å². The van der Waals surface area contributed by atoms with E-state index in [0.29, 0.717) is 23.9 Å². The largest absolute Gasteiger partial charge is 0.493 e. The van der Waals surface area contributed by atoms with E-state index >= 15 is 0 Å². The summed E-state index contributed by atoms with van der Waals surface area (Å²) in [4.78, 5) is 24.8. The fourth-order valence-corrected chi connectivity index (χ4v) is 2.72. The lowest BCUT2D eigenvalue weighted by Crippen LogP contribution is -2.31. The number of methoxy groups -OCH3 is 1. The number of carbonyl (C=O) groups is 2. The number of aromatic nitrogens is 2. The van der Waals surface area contributed by atoms with E-state index in [4.69, 9.17) is 25.8 Å². The van der Waals surface area contributed by atoms with Crippen LogP contribution in [0.3, 0.4) is 0 Å². The summed E-state index contributed by atoms with van der Waals surface area (Å²) >= 11 is 6.18. The van der Waals surface area contributed by atoms with Crippen LogP contribution in [0.5, 0.6) is 11.5 Å². The van der Waals surface area contributed by atoms with Crippen molar-refractivity contribution in [1.29, 1.82) is 0 Å². The number of carbonyl (C=O) groups excluding carboxylic acids is 2. The monoisotopic (exact) mass is 409 g/mol. The second-order valence-electron chi connectivity index (χ2n) is 6.21. The van der Waals surface area contributed by atoms with Crippen LogP contribution in [0.2, 0.25) is 5.02 Å². The molecule has 1 heterocycles. The van der Waals surface area contributed by atoms with E-state index in [2.05, 4.69) is 10.4 Å². The Balaban J connectivity index is 2.10. The molecule has 0 spiro atoms. The third kappa shape index (κ3) is 4.95. The van der Waals surface area contributed by atoms with Crippen LogP contribution in [-0.4, -0.2) is 41.5 Å². The van der Waals surface area contributed by atoms with Crippen LogP contribution in [0.25, 0.3) is 0 Å². The van der Waals surface area contributed by atoms with E-state index in [0.717, 1.165) is 0 Å². The number of esters is 1. The maximum absolute atomic E-state index is 12.5. The van der Waals surface area contributed by atoms with Crippen LogP contribution in [-0.2, 0) is 9.53 Å². The molecule has 9 heteroatoms. The molecule has 1 amide bonds. The summed E-state index contributed by atoms with van der Waals surface area (Å²) in [6.45, 7) is 7.56. The smallest absolute Gasteiger partial charge is 0.339 e. The van der Waals surface area contributed by atoms with Gasteiger partial charge in [-0.15, -0.1) is 0 Å². The van der Waals surface area contributed by atoms with E-state index in [-0.39, 0.29) is 16.6 Å². The normalized spacial score (nSPS) is 11.8. The molecule has 1 aromatic heterocycles. The molecule has 2 aromatic rings. The Hall–Kier alpha value is -2.74. The molecule has 0 saturated carbocycles. The predicted octanol–water partition coefficient (Wildman–Crippen LogP) is 3.71. The van der Waals surface area contributed by atoms with Crippen LogP contribution in [0, 0.1) is 0 Å². The van der Waals surface area contributed by atoms with Crippen LogP contribution in [0.1, 0.15) is 44.1 Å². The van der Waals surface area contributed by atoms with Gasteiger partial charge in [0.25, 0.3) is 5.91 Å². The number of ether oxygens (including phenoxy) is 3. The number of hydrogen-bond acceptors (Lipinski definition) is 6. The molecule has 0 saturated heterocycles. The van der Waals surface area contributed by atoms with E-state index in [9.17, 15) is 9.59 Å². The summed E-state index contributed by atoms with van der Waals surface area (Å²) in [5.74, 6) is -0.00751. The maximum atomic E-state index is 12.5. The number of hydrogen-bond donors (Lipinski definition) is 1. The molecule has 8 nitrogen and oxygen atoms in total. The predicted molar refractivity (Wildman–Crippen MR) is 105 cm³/mol. The molecule has 2 rings (SSSR count). The second-order valence-corrected chi connectivity index (χ2v) is 6.62. The van der Waals surface area contributed by atoms with E-state index in [1.165, 1.54) is 26.2 Å². The third-order valence-electron chi connectivity index (χ3n) is 3.82. The fourth-order valence-electron chi connectivity index (χ4n) is 2.46. The summed E-state index contributed by atoms with van der Waals surface area (Å²) in [6, 6.07) is 4.61. The molecule has 0 fully saturated rings. The van der Waals surface area contributed by atoms with Gasteiger partial charge in [0.2, 0.25) is 0 Å². The van der Waals surface area contributed by atoms with Crippen molar-refractivity contribution < 1.29 is 23.8 Å². The number of rotatable bonds is 8. The zero-order valence-corrected chi connectivity index (χ0v) is 17.2. The van der Waals surface area contributed by atoms with Crippen molar-refractivity contribution in [1.82, 2.24) is 9.78 Å². The highest BCUT2D eigenvalue weighted by atomic mass is 35.5. The number of amides is 1. The van der Waals surface area contributed by atoms with Crippen molar-refractivity contribution in [3.05, 3.63) is 35.0 Å². The SMILES string of the molecule is CCOc1c(Cl)cc(C(=O)O[C@H](C)C(=O)Nc2ccnn2C(C)C)cc1OC. The van der Waals surface area contributed by atoms with Crippen molar-refractivity contribution in [2.24, 2.45) is 0 Å². The molecule has 1 aromatic carbocycles. The highest BCUT2D eigenvalue weighted by molar-refractivity contribution is 6.32. The summed E-state index contributed by atoms with van der Waals surface area (Å²) in [6.07, 6.45) is 0.555. The van der Waals surface area contributed by atoms with E-state index in [1.54, 1.807) is 16.9 Å². The molecule has 0 unspecified atom stereocenters. The lowest BCUT2D eigenvalue weighted by molar-refractivity contribution is -0.123. The summed E-state index contributed by atoms with van der Waals surface area (Å²) < 4.78 is 17.6. The maximum Gasteiger partial charge on any atom is 0.339 e. The van der Waals surface area contributed by atoms with Gasteiger partial charge in [-0.3, -0.25) is 4.79 Å². The van der Waals surface area contributed by atoms with Gasteiger partial charge in [0.05, 0.1) is 30.5 Å². The van der Waals surface area contributed by atoms with Gasteiger partial charge >= 0.3 is 5.97 Å². The standard InChI is InChI=1S/C19H24ClN3O5/c1-6-27-17-14(20)9-13(10-15(17)26-5)19(25)28-12(4)18(24)22-16-7-8-21-23(16)11(2)3/h7-12H,6H2,1-5H3,(H,22,24)/t12-/m1/s1. The minimum Gasteiger partial charge on any atom is -0.493 e. The topological polar surface area (TPSA) is 91.7 Å². The highest BCUT2D eigenvalue weighted by Gasteiger charge is 2.23. The number of nitrogens with zero attached hydrogens (tertiary/aromatic N) is 2. The summed E-state index contributed by atoms with van der Waals surface area (Å²) in [5, 5.41) is 7.06. The molecular weight excluding hydrogens is 386 g/mol. The fraction of sp³-hybridized carbons (Fsp3) is 0.421. The Morgan fingerprint density at radius 2 is 2.00 bits per heavy atom. The Morgan fingerprint density at radius 1 is 1.29 bits per heavy atom. The Morgan fingerprint density at radius 3 is 2.61 bits per heavy atom. The number of benzene rings is 1. The van der Waals surface area contributed by atoms with Gasteiger partial charge in [-0.1, -0.05) is 11.6 Å². The van der Waals surface area contributed by atoms with Crippen molar-refractivity contribution >= 4 is 29.3 Å². The molecule has 0 bridgehead atoms. The first-order valence-electron chi connectivity index (χ1n) is 8.84. The van der Waals surface area contributed by atoms with Crippen LogP contribution in [0.4, 0.5) is 5.82 Å². The molecule has 28 heavy (non-hydrogen) atoms. The van der Waals surface area contributed by atoms with Crippen molar-refractivity contribution in [2.45, 2.75) is 39.8 Å². The van der Waals surface area contributed by atoms with Crippen LogP contribution < -0.4 is 14.8 Å². The Labute approximate surface area is 168 Å². The average molecular weight is 410 g/mol. The van der Waals surface area contributed by atoms with Gasteiger partial charge in [-0.05, 0) is 39.8 Å². The second kappa shape index (κ2) is 9.45. The Bertz CT molecular complexity index is 850. The zero-order chi connectivity index (χ0) is 20.8. The lowest BCUT2D eigenvalue weighted by atomic mass is 10.2. The van der Waals surface area contributed by atoms with Crippen molar-refractivity contribution in [3.63, 3.8) is 0 Å². The van der Waals surface area contributed by atoms with E-state index < -0.39 is 18.0 Å². The average Bonchev–Trinajstić information content (AvgIpc) is 3.11. The van der Waals surface area contributed by atoms with Gasteiger partial charge in [0, 0.05) is 12.1 Å². The molecule has 0 aliphatic carbocycles. The van der Waals surface area contributed by atoms with E-state index in [1.807, 2.05) is 20.8 Å². The summed E-state index contributed by atoms with van der Waals surface area (Å²) in [5.41, 5.74) is 0.150. The lowest BCUT2D eigenvalue weighted by Gasteiger charge is -2.16. The molecule has 0 radical (unpaired) electrons. The molecule has 152 valence electrons. The number of nitrogens with one attached hydrogen (secondary N) is 1. The molecule has 1 N–H and O–H groups in total. The number of halogens is 1. The first-order valence-corrected chi connectivity index (χ1v) is 9.21. The van der Waals surface area contributed by atoms with Gasteiger partial charge in [0.1, 0.15) is 5.82 Å². The molecule has 0 aliphatic rings. The van der Waals surface area contributed by atoms with Crippen LogP contribution in [0.15, 0.2) is 24.4 Å². The molecular formula is C19H24ClN3O5. The summed E-state index contributed by atoms with van der Waals surface area (Å²) in [7, 11) is 1.44. The zero-order valence-electron chi connectivity index (χ0n) is 16.5. The van der Waals surface area contributed by atoms with Gasteiger partial charge in [0.15, 0.2) is 17.6 Å². The molecule has 1 atom stereocenters. The number of anilines is 1. The Kier molecular flexibility index (Phi) is 7.28. The molecule has 0 aliphatic heterocycles. The quantitative estimate of drug-likeness (QED) is 0.668. The van der Waals surface area contributed by atoms with Crippen LogP contribution >= 0.6 is 11.6 Å².